The topological polar surface area (TPSA) is 103 Å². The van der Waals surface area contributed by atoms with Gasteiger partial charge < -0.3 is 24.9 Å². The van der Waals surface area contributed by atoms with Gasteiger partial charge in [-0.15, -0.1) is 0 Å². The van der Waals surface area contributed by atoms with Crippen LogP contribution in [0.5, 0.6) is 0 Å². The number of nitrogens with zero attached hydrogens (tertiary/aromatic N) is 4. The molecule has 2 N–H and O–H groups in total. The van der Waals surface area contributed by atoms with Crippen molar-refractivity contribution in [2.45, 2.75) is 0 Å². The summed E-state index contributed by atoms with van der Waals surface area (Å²) < 4.78 is 5.18. The van der Waals surface area contributed by atoms with Gasteiger partial charge in [0.25, 0.3) is 11.8 Å². The van der Waals surface area contributed by atoms with Crippen LogP contribution in [0.25, 0.3) is 0 Å². The average Bonchev–Trinajstić information content (AvgIpc) is 3.29. The van der Waals surface area contributed by atoms with Crippen LogP contribution >= 0.6 is 0 Å². The first-order chi connectivity index (χ1) is 13.7. The van der Waals surface area contributed by atoms with E-state index in [0.29, 0.717) is 50.6 Å². The largest absolute Gasteiger partial charge is 0.459 e. The second-order valence-corrected chi connectivity index (χ2v) is 6.23. The Morgan fingerprint density at radius 2 is 1.86 bits per heavy atom. The molecule has 0 bridgehead atoms. The lowest BCUT2D eigenvalue weighted by molar-refractivity contribution is 0.0657. The van der Waals surface area contributed by atoms with Gasteiger partial charge in [0.15, 0.2) is 11.7 Å². The summed E-state index contributed by atoms with van der Waals surface area (Å²) in [5.41, 5.74) is 0.532. The molecule has 1 aliphatic rings. The van der Waals surface area contributed by atoms with E-state index < -0.39 is 0 Å². The van der Waals surface area contributed by atoms with Crippen molar-refractivity contribution in [2.24, 2.45) is 4.99 Å². The van der Waals surface area contributed by atoms with Gasteiger partial charge in [-0.1, -0.05) is 0 Å². The summed E-state index contributed by atoms with van der Waals surface area (Å²) in [5, 5.41) is 6.08. The fourth-order valence-electron chi connectivity index (χ4n) is 2.96. The van der Waals surface area contributed by atoms with Crippen molar-refractivity contribution in [3.05, 3.63) is 54.2 Å². The summed E-state index contributed by atoms with van der Waals surface area (Å²) in [6.07, 6.45) is 4.66. The highest BCUT2D eigenvalue weighted by Gasteiger charge is 2.25. The van der Waals surface area contributed by atoms with Gasteiger partial charge in [-0.2, -0.15) is 0 Å². The number of nitrogens with one attached hydrogen (secondary N) is 2. The summed E-state index contributed by atoms with van der Waals surface area (Å²) in [6.45, 7) is 3.55. The summed E-state index contributed by atoms with van der Waals surface area (Å²) in [7, 11) is 1.72. The number of aliphatic imine (C=N–C) groups is 1. The normalized spacial score (nSPS) is 14.7. The highest BCUT2D eigenvalue weighted by molar-refractivity contribution is 5.93. The fraction of sp³-hybridized carbons (Fsp3) is 0.368. The van der Waals surface area contributed by atoms with Gasteiger partial charge in [0.2, 0.25) is 0 Å². The lowest BCUT2D eigenvalue weighted by Gasteiger charge is -2.36. The molecule has 2 amide bonds. The molecule has 0 spiro atoms. The Morgan fingerprint density at radius 3 is 2.50 bits per heavy atom. The van der Waals surface area contributed by atoms with E-state index in [9.17, 15) is 9.59 Å². The van der Waals surface area contributed by atoms with Gasteiger partial charge in [-0.3, -0.25) is 19.6 Å². The first-order valence-electron chi connectivity index (χ1n) is 9.15. The van der Waals surface area contributed by atoms with Crippen molar-refractivity contribution in [3.8, 4) is 0 Å². The third kappa shape index (κ3) is 4.87. The molecule has 9 nitrogen and oxygen atoms in total. The molecule has 1 saturated heterocycles. The van der Waals surface area contributed by atoms with Crippen LogP contribution in [0.3, 0.4) is 0 Å². The van der Waals surface area contributed by atoms with E-state index in [-0.39, 0.29) is 11.8 Å². The van der Waals surface area contributed by atoms with Crippen molar-refractivity contribution in [2.75, 3.05) is 46.3 Å². The van der Waals surface area contributed by atoms with Crippen LogP contribution in [-0.2, 0) is 0 Å². The summed E-state index contributed by atoms with van der Waals surface area (Å²) in [5.74, 6) is 0.863. The van der Waals surface area contributed by atoms with Crippen LogP contribution in [0.4, 0.5) is 0 Å². The summed E-state index contributed by atoms with van der Waals surface area (Å²) in [6, 6.07) is 6.83. The van der Waals surface area contributed by atoms with Crippen molar-refractivity contribution in [3.63, 3.8) is 0 Å². The highest BCUT2D eigenvalue weighted by Crippen LogP contribution is 2.09. The molecule has 148 valence electrons. The average molecular weight is 384 g/mol. The van der Waals surface area contributed by atoms with E-state index in [1.165, 1.54) is 12.5 Å². The maximum Gasteiger partial charge on any atom is 0.289 e. The third-order valence-corrected chi connectivity index (χ3v) is 4.43. The minimum absolute atomic E-state index is 0.0919. The van der Waals surface area contributed by atoms with Crippen LogP contribution in [0, 0.1) is 0 Å². The Bertz CT molecular complexity index is 798. The van der Waals surface area contributed by atoms with Crippen LogP contribution in [-0.4, -0.2) is 78.9 Å². The monoisotopic (exact) mass is 384 g/mol. The minimum Gasteiger partial charge on any atom is -0.459 e. The maximum absolute atomic E-state index is 12.3. The van der Waals surface area contributed by atoms with Gasteiger partial charge in [-0.25, -0.2) is 0 Å². The lowest BCUT2D eigenvalue weighted by atomic mass is 10.3. The van der Waals surface area contributed by atoms with Crippen LogP contribution < -0.4 is 10.6 Å². The molecule has 3 rings (SSSR count). The number of furan rings is 1. The SMILES string of the molecule is CN=C(NCCNC(=O)c1cccnc1)N1CCN(C(=O)c2ccco2)CC1. The van der Waals surface area contributed by atoms with Crippen molar-refractivity contribution >= 4 is 17.8 Å². The molecule has 0 radical (unpaired) electrons. The Morgan fingerprint density at radius 1 is 1.11 bits per heavy atom. The first-order valence-corrected chi connectivity index (χ1v) is 9.15. The smallest absolute Gasteiger partial charge is 0.289 e. The van der Waals surface area contributed by atoms with Gasteiger partial charge in [0.1, 0.15) is 0 Å². The Kier molecular flexibility index (Phi) is 6.61. The van der Waals surface area contributed by atoms with Crippen LogP contribution in [0.15, 0.2) is 52.3 Å². The zero-order valence-electron chi connectivity index (χ0n) is 15.8. The molecule has 0 aromatic carbocycles. The molecule has 2 aromatic rings. The molecule has 2 aromatic heterocycles. The Labute approximate surface area is 163 Å². The molecule has 0 unspecified atom stereocenters. The van der Waals surface area contributed by atoms with Crippen molar-refractivity contribution < 1.29 is 14.0 Å². The van der Waals surface area contributed by atoms with E-state index >= 15 is 0 Å². The molecule has 0 atom stereocenters. The molecule has 0 saturated carbocycles. The quantitative estimate of drug-likeness (QED) is 0.440. The summed E-state index contributed by atoms with van der Waals surface area (Å²) in [4.78, 5) is 36.4. The summed E-state index contributed by atoms with van der Waals surface area (Å²) >= 11 is 0. The second-order valence-electron chi connectivity index (χ2n) is 6.23. The highest BCUT2D eigenvalue weighted by atomic mass is 16.3. The standard InChI is InChI=1S/C19H24N6O3/c1-20-19(23-8-7-22-17(26)15-4-2-6-21-14-15)25-11-9-24(10-12-25)18(27)16-5-3-13-28-16/h2-6,13-14H,7-12H2,1H3,(H,20,23)(H,22,26). The molecular weight excluding hydrogens is 360 g/mol. The number of rotatable bonds is 5. The van der Waals surface area contributed by atoms with Crippen LogP contribution in [0.2, 0.25) is 0 Å². The number of hydrogen-bond donors (Lipinski definition) is 2. The van der Waals surface area contributed by atoms with E-state index in [1.54, 1.807) is 42.4 Å². The molecule has 0 aliphatic carbocycles. The number of carbonyl (C=O) groups excluding carboxylic acids is 2. The van der Waals surface area contributed by atoms with Crippen molar-refractivity contribution in [1.29, 1.82) is 0 Å². The zero-order chi connectivity index (χ0) is 19.8. The van der Waals surface area contributed by atoms with Crippen molar-refractivity contribution in [1.82, 2.24) is 25.4 Å². The maximum atomic E-state index is 12.3. The predicted octanol–water partition coefficient (Wildman–Crippen LogP) is 0.438. The number of pyridine rings is 1. The first kappa shape index (κ1) is 19.4. The molecule has 9 heteroatoms. The molecule has 1 aliphatic heterocycles. The molecule has 28 heavy (non-hydrogen) atoms. The van der Waals surface area contributed by atoms with Gasteiger partial charge >= 0.3 is 0 Å². The molecular formula is C19H24N6O3. The van der Waals surface area contributed by atoms with E-state index in [0.717, 1.165) is 5.96 Å². The number of amides is 2. The van der Waals surface area contributed by atoms with E-state index in [1.807, 2.05) is 0 Å². The third-order valence-electron chi connectivity index (χ3n) is 4.43. The number of piperazine rings is 1. The van der Waals surface area contributed by atoms with Crippen LogP contribution in [0.1, 0.15) is 20.9 Å². The van der Waals surface area contributed by atoms with E-state index in [2.05, 4.69) is 25.5 Å². The molecule has 3 heterocycles. The number of hydrogen-bond acceptors (Lipinski definition) is 5. The molecule has 1 fully saturated rings. The van der Waals surface area contributed by atoms with Gasteiger partial charge in [0, 0.05) is 58.7 Å². The zero-order valence-corrected chi connectivity index (χ0v) is 15.8. The van der Waals surface area contributed by atoms with E-state index in [4.69, 9.17) is 4.42 Å². The fourth-order valence-corrected chi connectivity index (χ4v) is 2.96. The van der Waals surface area contributed by atoms with Gasteiger partial charge in [0.05, 0.1) is 11.8 Å². The number of guanidine groups is 1. The Balaban J connectivity index is 1.40. The minimum atomic E-state index is -0.157. The Hall–Kier alpha value is -3.36. The predicted molar refractivity (Wildman–Crippen MR) is 104 cm³/mol. The second kappa shape index (κ2) is 9.54. The lowest BCUT2D eigenvalue weighted by Crippen LogP contribution is -2.54. The number of carbonyl (C=O) groups is 2. The number of aromatic nitrogens is 1. The van der Waals surface area contributed by atoms with Gasteiger partial charge in [-0.05, 0) is 24.3 Å².